The predicted octanol–water partition coefficient (Wildman–Crippen LogP) is 2.00. The molecule has 27 heavy (non-hydrogen) atoms. The van der Waals surface area contributed by atoms with Gasteiger partial charge in [0.2, 0.25) is 0 Å². The Morgan fingerprint density at radius 2 is 2.26 bits per heavy atom. The van der Waals surface area contributed by atoms with Crippen molar-refractivity contribution in [3.8, 4) is 0 Å². The molecule has 1 unspecified atom stereocenters. The molecule has 0 amide bonds. The van der Waals surface area contributed by atoms with Gasteiger partial charge in [-0.3, -0.25) is 9.67 Å². The van der Waals surface area contributed by atoms with Crippen molar-refractivity contribution in [1.82, 2.24) is 25.2 Å². The van der Waals surface area contributed by atoms with Crippen LogP contribution >= 0.6 is 0 Å². The van der Waals surface area contributed by atoms with Crippen molar-refractivity contribution in [3.05, 3.63) is 35.0 Å². The maximum atomic E-state index is 5.94. The molecule has 1 saturated heterocycles. The smallest absolute Gasteiger partial charge is 0.194 e. The van der Waals surface area contributed by atoms with Gasteiger partial charge in [-0.25, -0.2) is 0 Å². The van der Waals surface area contributed by atoms with E-state index in [9.17, 15) is 0 Å². The number of rotatable bonds is 6. The summed E-state index contributed by atoms with van der Waals surface area (Å²) in [5.74, 6) is 1.87. The lowest BCUT2D eigenvalue weighted by atomic mass is 10.1. The number of guanidine groups is 1. The summed E-state index contributed by atoms with van der Waals surface area (Å²) in [7, 11) is 1.93. The lowest BCUT2D eigenvalue weighted by Gasteiger charge is -2.34. The fraction of sp³-hybridized carbons (Fsp3) is 0.632. The van der Waals surface area contributed by atoms with Crippen LogP contribution in [0, 0.1) is 13.8 Å². The Hall–Kier alpha value is -2.35. The minimum atomic E-state index is 0.0265. The van der Waals surface area contributed by atoms with Crippen LogP contribution in [0.25, 0.3) is 0 Å². The maximum Gasteiger partial charge on any atom is 0.194 e. The average molecular weight is 374 g/mol. The summed E-state index contributed by atoms with van der Waals surface area (Å²) in [6.45, 7) is 9.97. The number of aromatic nitrogens is 3. The zero-order valence-electron chi connectivity index (χ0n) is 16.7. The average Bonchev–Trinajstić information content (AvgIpc) is 3.24. The Balaban J connectivity index is 1.59. The van der Waals surface area contributed by atoms with Gasteiger partial charge in [0.05, 0.1) is 25.0 Å². The summed E-state index contributed by atoms with van der Waals surface area (Å²) in [5, 5.41) is 11.7. The third-order valence-electron chi connectivity index (χ3n) is 4.83. The molecule has 1 fully saturated rings. The first-order chi connectivity index (χ1) is 13.1. The second-order valence-electron chi connectivity index (χ2n) is 6.89. The molecule has 1 aliphatic rings. The lowest BCUT2D eigenvalue weighted by molar-refractivity contribution is -0.00804. The normalized spacial score (nSPS) is 18.1. The van der Waals surface area contributed by atoms with E-state index in [4.69, 9.17) is 14.3 Å². The molecule has 8 heteroatoms. The lowest BCUT2D eigenvalue weighted by Crippen LogP contribution is -2.48. The van der Waals surface area contributed by atoms with Crippen molar-refractivity contribution < 1.29 is 9.26 Å². The van der Waals surface area contributed by atoms with Crippen LogP contribution in [0.3, 0.4) is 0 Å². The van der Waals surface area contributed by atoms with E-state index in [1.165, 1.54) is 5.56 Å². The van der Waals surface area contributed by atoms with Gasteiger partial charge >= 0.3 is 0 Å². The molecule has 2 aromatic rings. The van der Waals surface area contributed by atoms with Gasteiger partial charge in [0, 0.05) is 44.0 Å². The van der Waals surface area contributed by atoms with Gasteiger partial charge in [-0.05, 0) is 33.6 Å². The van der Waals surface area contributed by atoms with E-state index in [2.05, 4.69) is 27.4 Å². The van der Waals surface area contributed by atoms with Gasteiger partial charge in [-0.2, -0.15) is 5.10 Å². The second kappa shape index (κ2) is 9.03. The summed E-state index contributed by atoms with van der Waals surface area (Å²) in [6.07, 6.45) is 5.82. The Bertz CT molecular complexity index is 747. The van der Waals surface area contributed by atoms with Crippen molar-refractivity contribution in [2.45, 2.75) is 39.7 Å². The second-order valence-corrected chi connectivity index (χ2v) is 6.89. The highest BCUT2D eigenvalue weighted by Crippen LogP contribution is 2.21. The third-order valence-corrected chi connectivity index (χ3v) is 4.83. The van der Waals surface area contributed by atoms with Gasteiger partial charge in [-0.15, -0.1) is 0 Å². The molecule has 1 N–H and O–H groups in total. The zero-order chi connectivity index (χ0) is 19.2. The van der Waals surface area contributed by atoms with Crippen molar-refractivity contribution in [1.29, 1.82) is 0 Å². The monoisotopic (exact) mass is 374 g/mol. The SMILES string of the molecule is CCNC(=NCCCc1c(C)noc1C)N1CCOC(c2cnn(C)c2)C1. The highest BCUT2D eigenvalue weighted by Gasteiger charge is 2.25. The third kappa shape index (κ3) is 4.88. The molecule has 0 bridgehead atoms. The van der Waals surface area contributed by atoms with Crippen LogP contribution in [0.4, 0.5) is 0 Å². The minimum absolute atomic E-state index is 0.0265. The van der Waals surface area contributed by atoms with Gasteiger partial charge in [0.1, 0.15) is 11.9 Å². The molecule has 1 atom stereocenters. The quantitative estimate of drug-likeness (QED) is 0.473. The minimum Gasteiger partial charge on any atom is -0.370 e. The van der Waals surface area contributed by atoms with Gasteiger partial charge in [0.25, 0.3) is 0 Å². The van der Waals surface area contributed by atoms with Crippen LogP contribution in [0.2, 0.25) is 0 Å². The van der Waals surface area contributed by atoms with Crippen molar-refractivity contribution in [2.24, 2.45) is 12.0 Å². The van der Waals surface area contributed by atoms with Crippen molar-refractivity contribution in [2.75, 3.05) is 32.8 Å². The molecule has 0 saturated carbocycles. The molecule has 148 valence electrons. The van der Waals surface area contributed by atoms with Gasteiger partial charge in [0.15, 0.2) is 5.96 Å². The van der Waals surface area contributed by atoms with Crippen molar-refractivity contribution in [3.63, 3.8) is 0 Å². The molecular weight excluding hydrogens is 344 g/mol. The molecule has 0 radical (unpaired) electrons. The predicted molar refractivity (Wildman–Crippen MR) is 104 cm³/mol. The number of nitrogens with zero attached hydrogens (tertiary/aromatic N) is 5. The summed E-state index contributed by atoms with van der Waals surface area (Å²) in [4.78, 5) is 7.11. The van der Waals surface area contributed by atoms with Gasteiger partial charge < -0.3 is 19.5 Å². The van der Waals surface area contributed by atoms with Crippen LogP contribution in [0.15, 0.2) is 21.9 Å². The number of aryl methyl sites for hydroxylation is 3. The van der Waals surface area contributed by atoms with E-state index < -0.39 is 0 Å². The number of hydrogen-bond donors (Lipinski definition) is 1. The fourth-order valence-corrected chi connectivity index (χ4v) is 3.38. The number of hydrogen-bond acceptors (Lipinski definition) is 5. The molecule has 2 aromatic heterocycles. The molecule has 0 aromatic carbocycles. The molecule has 3 rings (SSSR count). The van der Waals surface area contributed by atoms with Crippen LogP contribution in [0.5, 0.6) is 0 Å². The van der Waals surface area contributed by atoms with Crippen LogP contribution in [-0.4, -0.2) is 58.6 Å². The van der Waals surface area contributed by atoms with E-state index in [1.807, 2.05) is 38.0 Å². The first-order valence-electron chi connectivity index (χ1n) is 9.63. The van der Waals surface area contributed by atoms with E-state index in [0.29, 0.717) is 6.61 Å². The van der Waals surface area contributed by atoms with E-state index >= 15 is 0 Å². The fourth-order valence-electron chi connectivity index (χ4n) is 3.38. The first kappa shape index (κ1) is 19.4. The van der Waals surface area contributed by atoms with Gasteiger partial charge in [-0.1, -0.05) is 5.16 Å². The first-order valence-corrected chi connectivity index (χ1v) is 9.63. The van der Waals surface area contributed by atoms with Crippen LogP contribution in [-0.2, 0) is 18.2 Å². The Morgan fingerprint density at radius 3 is 2.93 bits per heavy atom. The summed E-state index contributed by atoms with van der Waals surface area (Å²) < 4.78 is 13.0. The van der Waals surface area contributed by atoms with E-state index in [1.54, 1.807) is 0 Å². The zero-order valence-corrected chi connectivity index (χ0v) is 16.7. The van der Waals surface area contributed by atoms with Crippen LogP contribution < -0.4 is 5.32 Å². The topological polar surface area (TPSA) is 80.7 Å². The molecular formula is C19H30N6O2. The van der Waals surface area contributed by atoms with Crippen molar-refractivity contribution >= 4 is 5.96 Å². The van der Waals surface area contributed by atoms with E-state index in [-0.39, 0.29) is 6.10 Å². The highest BCUT2D eigenvalue weighted by molar-refractivity contribution is 5.80. The molecule has 0 aliphatic carbocycles. The number of nitrogens with one attached hydrogen (secondary N) is 1. The molecule has 8 nitrogen and oxygen atoms in total. The van der Waals surface area contributed by atoms with Crippen LogP contribution in [0.1, 0.15) is 42.0 Å². The number of morpholine rings is 1. The molecule has 1 aliphatic heterocycles. The summed E-state index contributed by atoms with van der Waals surface area (Å²) in [5.41, 5.74) is 3.30. The number of aliphatic imine (C=N–C) groups is 1. The van der Waals surface area contributed by atoms with E-state index in [0.717, 1.165) is 62.0 Å². The highest BCUT2D eigenvalue weighted by atomic mass is 16.5. The maximum absolute atomic E-state index is 5.94. The Morgan fingerprint density at radius 1 is 1.41 bits per heavy atom. The summed E-state index contributed by atoms with van der Waals surface area (Å²) >= 11 is 0. The Kier molecular flexibility index (Phi) is 6.49. The summed E-state index contributed by atoms with van der Waals surface area (Å²) in [6, 6.07) is 0. The molecule has 3 heterocycles. The standard InChI is InChI=1S/C19H30N6O2/c1-5-20-19(21-8-6-7-17-14(2)23-27-15(17)3)25-9-10-26-18(13-25)16-11-22-24(4)12-16/h11-12,18H,5-10,13H2,1-4H3,(H,20,21). The number of ether oxygens (including phenoxy) is 1. The largest absolute Gasteiger partial charge is 0.370 e. The Labute approximate surface area is 160 Å². The molecule has 0 spiro atoms.